The minimum Gasteiger partial charge on any atom is -0.399 e. The molecule has 4 nitrogen and oxygen atoms in total. The number of imidazole rings is 1. The summed E-state index contributed by atoms with van der Waals surface area (Å²) < 4.78 is 2.06. The highest BCUT2D eigenvalue weighted by molar-refractivity contribution is 5.52. The molecular formula is C14H20N4. The van der Waals surface area contributed by atoms with Crippen LogP contribution in [-0.2, 0) is 0 Å². The lowest BCUT2D eigenvalue weighted by Crippen LogP contribution is -2.33. The first-order valence-corrected chi connectivity index (χ1v) is 6.76. The zero-order valence-corrected chi connectivity index (χ0v) is 10.8. The average molecular weight is 244 g/mol. The Morgan fingerprint density at radius 1 is 1.44 bits per heavy atom. The summed E-state index contributed by atoms with van der Waals surface area (Å²) in [6.45, 7) is 4.52. The molecule has 1 aliphatic rings. The maximum atomic E-state index is 5.80. The number of rotatable bonds is 2. The van der Waals surface area contributed by atoms with E-state index in [9.17, 15) is 0 Å². The maximum Gasteiger partial charge on any atom is 0.139 e. The van der Waals surface area contributed by atoms with E-state index in [0.29, 0.717) is 6.04 Å². The number of nitrogen functional groups attached to an aromatic ring is 1. The molecule has 1 fully saturated rings. The van der Waals surface area contributed by atoms with Crippen LogP contribution in [0.1, 0.15) is 37.9 Å². The molecule has 0 bridgehead atoms. The molecule has 0 aromatic carbocycles. The highest BCUT2D eigenvalue weighted by Gasteiger charge is 2.24. The van der Waals surface area contributed by atoms with E-state index in [-0.39, 0.29) is 0 Å². The largest absolute Gasteiger partial charge is 0.399 e. The SMILES string of the molecule is CCN1CCCCC1c1cn2ccc(N)cc2n1. The van der Waals surface area contributed by atoms with E-state index in [1.807, 2.05) is 18.3 Å². The van der Waals surface area contributed by atoms with Gasteiger partial charge in [0.25, 0.3) is 0 Å². The second-order valence-corrected chi connectivity index (χ2v) is 5.03. The van der Waals surface area contributed by atoms with Gasteiger partial charge in [0.15, 0.2) is 0 Å². The molecule has 0 aliphatic carbocycles. The van der Waals surface area contributed by atoms with E-state index in [4.69, 9.17) is 10.7 Å². The average Bonchev–Trinajstić information content (AvgIpc) is 2.81. The Labute approximate surface area is 107 Å². The maximum absolute atomic E-state index is 5.80. The van der Waals surface area contributed by atoms with Crippen molar-refractivity contribution in [1.29, 1.82) is 0 Å². The molecule has 0 spiro atoms. The summed E-state index contributed by atoms with van der Waals surface area (Å²) in [5, 5.41) is 0. The van der Waals surface area contributed by atoms with Gasteiger partial charge in [-0.25, -0.2) is 4.98 Å². The molecule has 0 radical (unpaired) electrons. The Balaban J connectivity index is 1.97. The van der Waals surface area contributed by atoms with E-state index < -0.39 is 0 Å². The number of nitrogens with zero attached hydrogens (tertiary/aromatic N) is 3. The smallest absolute Gasteiger partial charge is 0.139 e. The quantitative estimate of drug-likeness (QED) is 0.882. The van der Waals surface area contributed by atoms with Crippen LogP contribution in [0.5, 0.6) is 0 Å². The number of hydrogen-bond donors (Lipinski definition) is 1. The van der Waals surface area contributed by atoms with Crippen molar-refractivity contribution in [1.82, 2.24) is 14.3 Å². The number of anilines is 1. The van der Waals surface area contributed by atoms with Crippen LogP contribution in [0.2, 0.25) is 0 Å². The summed E-state index contributed by atoms with van der Waals surface area (Å²) in [4.78, 5) is 7.26. The van der Waals surface area contributed by atoms with Crippen molar-refractivity contribution >= 4 is 11.3 Å². The molecule has 0 saturated carbocycles. The van der Waals surface area contributed by atoms with Gasteiger partial charge in [0, 0.05) is 24.1 Å². The third-order valence-corrected chi connectivity index (χ3v) is 3.86. The van der Waals surface area contributed by atoms with Crippen LogP contribution in [0.3, 0.4) is 0 Å². The molecule has 2 aromatic rings. The molecule has 18 heavy (non-hydrogen) atoms. The number of fused-ring (bicyclic) bond motifs is 1. The normalized spacial score (nSPS) is 21.5. The summed E-state index contributed by atoms with van der Waals surface area (Å²) in [5.74, 6) is 0. The second kappa shape index (κ2) is 4.61. The van der Waals surface area contributed by atoms with Crippen molar-refractivity contribution in [3.8, 4) is 0 Å². The Hall–Kier alpha value is -1.55. The first-order chi connectivity index (χ1) is 8.78. The fourth-order valence-electron chi connectivity index (χ4n) is 2.88. The van der Waals surface area contributed by atoms with Crippen molar-refractivity contribution < 1.29 is 0 Å². The third kappa shape index (κ3) is 1.97. The van der Waals surface area contributed by atoms with Crippen LogP contribution < -0.4 is 5.73 Å². The molecule has 96 valence electrons. The van der Waals surface area contributed by atoms with Crippen molar-refractivity contribution in [3.05, 3.63) is 30.2 Å². The molecule has 1 unspecified atom stereocenters. The summed E-state index contributed by atoms with van der Waals surface area (Å²) in [6.07, 6.45) is 7.96. The molecule has 2 N–H and O–H groups in total. The van der Waals surface area contributed by atoms with Crippen molar-refractivity contribution in [3.63, 3.8) is 0 Å². The Morgan fingerprint density at radius 3 is 3.17 bits per heavy atom. The molecule has 4 heteroatoms. The molecule has 3 rings (SSSR count). The second-order valence-electron chi connectivity index (χ2n) is 5.03. The van der Waals surface area contributed by atoms with Gasteiger partial charge in [-0.15, -0.1) is 0 Å². The number of pyridine rings is 1. The summed E-state index contributed by atoms with van der Waals surface area (Å²) in [6, 6.07) is 4.32. The number of aromatic nitrogens is 2. The van der Waals surface area contributed by atoms with Crippen LogP contribution in [-0.4, -0.2) is 27.4 Å². The van der Waals surface area contributed by atoms with Gasteiger partial charge in [0.2, 0.25) is 0 Å². The zero-order valence-electron chi connectivity index (χ0n) is 10.8. The van der Waals surface area contributed by atoms with Crippen LogP contribution in [0.4, 0.5) is 5.69 Å². The lowest BCUT2D eigenvalue weighted by molar-refractivity contribution is 0.154. The lowest BCUT2D eigenvalue weighted by Gasteiger charge is -2.33. The van der Waals surface area contributed by atoms with E-state index in [1.54, 1.807) is 0 Å². The van der Waals surface area contributed by atoms with E-state index in [2.05, 4.69) is 22.4 Å². The predicted octanol–water partition coefficient (Wildman–Crippen LogP) is 2.46. The van der Waals surface area contributed by atoms with Crippen LogP contribution in [0.25, 0.3) is 5.65 Å². The van der Waals surface area contributed by atoms with Gasteiger partial charge < -0.3 is 10.1 Å². The van der Waals surface area contributed by atoms with E-state index in [1.165, 1.54) is 31.5 Å². The lowest BCUT2D eigenvalue weighted by atomic mass is 10.00. The van der Waals surface area contributed by atoms with Gasteiger partial charge in [-0.05, 0) is 32.0 Å². The van der Waals surface area contributed by atoms with Gasteiger partial charge in [-0.1, -0.05) is 13.3 Å². The van der Waals surface area contributed by atoms with Crippen LogP contribution in [0, 0.1) is 0 Å². The van der Waals surface area contributed by atoms with Crippen molar-refractivity contribution in [2.24, 2.45) is 0 Å². The first-order valence-electron chi connectivity index (χ1n) is 6.76. The fraction of sp³-hybridized carbons (Fsp3) is 0.500. The number of likely N-dealkylation sites (tertiary alicyclic amines) is 1. The van der Waals surface area contributed by atoms with E-state index in [0.717, 1.165) is 17.9 Å². The number of piperidine rings is 1. The Morgan fingerprint density at radius 2 is 2.33 bits per heavy atom. The zero-order chi connectivity index (χ0) is 12.5. The molecule has 0 amide bonds. The number of hydrogen-bond acceptors (Lipinski definition) is 3. The monoisotopic (exact) mass is 244 g/mol. The molecule has 1 saturated heterocycles. The topological polar surface area (TPSA) is 46.6 Å². The summed E-state index contributed by atoms with van der Waals surface area (Å²) >= 11 is 0. The summed E-state index contributed by atoms with van der Waals surface area (Å²) in [7, 11) is 0. The van der Waals surface area contributed by atoms with Gasteiger partial charge in [-0.2, -0.15) is 0 Å². The van der Waals surface area contributed by atoms with Gasteiger partial charge >= 0.3 is 0 Å². The summed E-state index contributed by atoms with van der Waals surface area (Å²) in [5.41, 5.74) is 8.71. The molecule has 2 aromatic heterocycles. The van der Waals surface area contributed by atoms with Crippen molar-refractivity contribution in [2.45, 2.75) is 32.2 Å². The Bertz CT molecular complexity index is 546. The molecule has 1 aliphatic heterocycles. The minimum atomic E-state index is 0.477. The minimum absolute atomic E-state index is 0.477. The van der Waals surface area contributed by atoms with E-state index >= 15 is 0 Å². The van der Waals surface area contributed by atoms with Gasteiger partial charge in [-0.3, -0.25) is 4.90 Å². The molecule has 1 atom stereocenters. The highest BCUT2D eigenvalue weighted by atomic mass is 15.2. The fourth-order valence-corrected chi connectivity index (χ4v) is 2.88. The Kier molecular flexibility index (Phi) is 2.96. The predicted molar refractivity (Wildman–Crippen MR) is 73.4 cm³/mol. The molecule has 3 heterocycles. The first kappa shape index (κ1) is 11.5. The van der Waals surface area contributed by atoms with Gasteiger partial charge in [0.05, 0.1) is 11.7 Å². The van der Waals surface area contributed by atoms with Crippen LogP contribution in [0.15, 0.2) is 24.5 Å². The highest BCUT2D eigenvalue weighted by Crippen LogP contribution is 2.30. The third-order valence-electron chi connectivity index (χ3n) is 3.86. The standard InChI is InChI=1S/C14H20N4/c1-2-17-7-4-3-5-13(17)12-10-18-8-6-11(15)9-14(18)16-12/h6,8-10,13H,2-5,7,15H2,1H3. The number of nitrogens with two attached hydrogens (primary N) is 1. The van der Waals surface area contributed by atoms with Crippen LogP contribution >= 0.6 is 0 Å². The molecular weight excluding hydrogens is 224 g/mol. The van der Waals surface area contributed by atoms with Gasteiger partial charge in [0.1, 0.15) is 5.65 Å². The van der Waals surface area contributed by atoms with Crippen molar-refractivity contribution in [2.75, 3.05) is 18.8 Å².